The summed E-state index contributed by atoms with van der Waals surface area (Å²) in [6, 6.07) is 27.9. The summed E-state index contributed by atoms with van der Waals surface area (Å²) in [6.45, 7) is -1.02. The second kappa shape index (κ2) is 14.1. The van der Waals surface area contributed by atoms with Crippen LogP contribution in [0.3, 0.4) is 0 Å². The van der Waals surface area contributed by atoms with Gasteiger partial charge < -0.3 is 25.0 Å². The lowest BCUT2D eigenvalue weighted by Crippen LogP contribution is -2.55. The van der Waals surface area contributed by atoms with Gasteiger partial charge in [0.2, 0.25) is 5.91 Å². The summed E-state index contributed by atoms with van der Waals surface area (Å²) in [4.78, 5) is 18.3. The third kappa shape index (κ3) is 7.13. The van der Waals surface area contributed by atoms with Crippen molar-refractivity contribution in [2.45, 2.75) is 31.2 Å². The maximum Gasteiger partial charge on any atom is 0.289 e. The van der Waals surface area contributed by atoms with Gasteiger partial charge in [-0.15, -0.1) is 31.3 Å². The highest BCUT2D eigenvalue weighted by Crippen LogP contribution is 2.33. The van der Waals surface area contributed by atoms with E-state index in [1.54, 1.807) is 83.4 Å². The van der Waals surface area contributed by atoms with Gasteiger partial charge in [0.15, 0.2) is 17.6 Å². The second-order valence-corrected chi connectivity index (χ2v) is 14.0. The first-order chi connectivity index (χ1) is 22.3. The number of carbonyl (C=O) groups is 1. The zero-order chi connectivity index (χ0) is 32.1. The smallest absolute Gasteiger partial charge is 0.289 e. The van der Waals surface area contributed by atoms with Crippen LogP contribution in [0.15, 0.2) is 114 Å². The standard InChI is InChI=1S/C32H30N4O7S3/c37-27(34-32-33-16-18-45-32)21-36-31(43-25-13-5-2-6-14-25)29(39)28(38)30(42-24-11-3-1-4-12-24)35(46(36,40)41)20-22-9-7-10-23(19-22)26-15-8-17-44-26/h1-19,28-31,38-39H,20-21H2,(H,33,34,37)/t28-,29-,30-,31-/m1/s1. The molecular weight excluding hydrogens is 649 g/mol. The van der Waals surface area contributed by atoms with Crippen LogP contribution in [0, 0.1) is 0 Å². The van der Waals surface area contributed by atoms with Gasteiger partial charge in [0, 0.05) is 23.0 Å². The normalized spacial score (nSPS) is 21.7. The van der Waals surface area contributed by atoms with Crippen LogP contribution in [-0.4, -0.2) is 69.3 Å². The molecule has 0 saturated carbocycles. The minimum atomic E-state index is -4.72. The molecule has 2 aromatic heterocycles. The first kappa shape index (κ1) is 31.8. The molecule has 0 bridgehead atoms. The Kier molecular flexibility index (Phi) is 9.75. The second-order valence-electron chi connectivity index (χ2n) is 10.3. The van der Waals surface area contributed by atoms with Crippen molar-refractivity contribution >= 4 is 43.9 Å². The molecule has 0 spiro atoms. The molecule has 238 valence electrons. The van der Waals surface area contributed by atoms with Crippen molar-refractivity contribution in [3.63, 3.8) is 0 Å². The van der Waals surface area contributed by atoms with Crippen molar-refractivity contribution < 1.29 is 32.9 Å². The number of ether oxygens (including phenoxy) is 2. The fraction of sp³-hybridized carbons (Fsp3) is 0.188. The molecule has 4 atom stereocenters. The SMILES string of the molecule is O=C(CN1[C@H](Oc2ccccc2)[C@H](O)[C@@H](O)[C@@H](Oc2ccccc2)N(Cc2cccc(-c3cccs3)c2)S1(=O)=O)Nc1nccs1. The van der Waals surface area contributed by atoms with E-state index in [4.69, 9.17) is 9.47 Å². The third-order valence-corrected chi connectivity index (χ3v) is 10.6. The van der Waals surface area contributed by atoms with E-state index >= 15 is 0 Å². The average molecular weight is 679 g/mol. The van der Waals surface area contributed by atoms with Gasteiger partial charge in [-0.3, -0.25) is 4.79 Å². The van der Waals surface area contributed by atoms with Crippen LogP contribution in [0.1, 0.15) is 5.56 Å². The predicted octanol–water partition coefficient (Wildman–Crippen LogP) is 4.40. The molecule has 3 N–H and O–H groups in total. The summed E-state index contributed by atoms with van der Waals surface area (Å²) in [7, 11) is -4.72. The van der Waals surface area contributed by atoms with Crippen LogP contribution >= 0.6 is 22.7 Å². The number of thiazole rings is 1. The van der Waals surface area contributed by atoms with E-state index < -0.39 is 47.3 Å². The molecule has 0 aliphatic carbocycles. The third-order valence-electron chi connectivity index (χ3n) is 7.14. The van der Waals surface area contributed by atoms with Crippen molar-refractivity contribution in [1.29, 1.82) is 0 Å². The van der Waals surface area contributed by atoms with Gasteiger partial charge in [-0.2, -0.15) is 8.42 Å². The van der Waals surface area contributed by atoms with E-state index in [9.17, 15) is 23.4 Å². The Bertz CT molecular complexity index is 1830. The minimum Gasteiger partial charge on any atom is -0.471 e. The molecule has 11 nitrogen and oxygen atoms in total. The number of aliphatic hydroxyl groups excluding tert-OH is 2. The highest BCUT2D eigenvalue weighted by Gasteiger charge is 2.53. The number of nitrogens with one attached hydrogen (secondary N) is 1. The number of thiophene rings is 1. The van der Waals surface area contributed by atoms with E-state index in [1.165, 1.54) is 6.20 Å². The molecule has 14 heteroatoms. The molecule has 46 heavy (non-hydrogen) atoms. The lowest BCUT2D eigenvalue weighted by molar-refractivity contribution is -0.131. The number of benzene rings is 3. The average Bonchev–Trinajstić information content (AvgIpc) is 3.79. The van der Waals surface area contributed by atoms with Crippen molar-refractivity contribution in [2.75, 3.05) is 11.9 Å². The minimum absolute atomic E-state index is 0.219. The number of hydrogen-bond donors (Lipinski definition) is 3. The lowest BCUT2D eigenvalue weighted by Gasteiger charge is -2.33. The van der Waals surface area contributed by atoms with Crippen LogP contribution in [0.5, 0.6) is 11.5 Å². The van der Waals surface area contributed by atoms with E-state index in [2.05, 4.69) is 10.3 Å². The van der Waals surface area contributed by atoms with Crippen LogP contribution < -0.4 is 14.8 Å². The summed E-state index contributed by atoms with van der Waals surface area (Å²) in [6.07, 6.45) is -5.48. The Morgan fingerprint density at radius 2 is 1.46 bits per heavy atom. The van der Waals surface area contributed by atoms with Gasteiger partial charge in [-0.25, -0.2) is 4.98 Å². The lowest BCUT2D eigenvalue weighted by atomic mass is 10.1. The Hall–Kier alpha value is -4.15. The first-order valence-electron chi connectivity index (χ1n) is 14.2. The molecular formula is C32H30N4O7S3. The van der Waals surface area contributed by atoms with Crippen molar-refractivity contribution in [3.8, 4) is 21.9 Å². The van der Waals surface area contributed by atoms with Gasteiger partial charge >= 0.3 is 0 Å². The van der Waals surface area contributed by atoms with E-state index in [-0.39, 0.29) is 23.2 Å². The number of hydrogen-bond acceptors (Lipinski definition) is 10. The Balaban J connectivity index is 1.43. The monoisotopic (exact) mass is 678 g/mol. The van der Waals surface area contributed by atoms with Crippen LogP contribution in [0.2, 0.25) is 0 Å². The van der Waals surface area contributed by atoms with Gasteiger partial charge in [0.25, 0.3) is 10.2 Å². The van der Waals surface area contributed by atoms with Gasteiger partial charge in [0.1, 0.15) is 23.7 Å². The Morgan fingerprint density at radius 1 is 0.804 bits per heavy atom. The maximum absolute atomic E-state index is 14.8. The quantitative estimate of drug-likeness (QED) is 0.197. The summed E-state index contributed by atoms with van der Waals surface area (Å²) in [5, 5.41) is 29.8. The highest BCUT2D eigenvalue weighted by molar-refractivity contribution is 7.86. The van der Waals surface area contributed by atoms with Crippen LogP contribution in [-0.2, 0) is 21.5 Å². The molecule has 3 heterocycles. The summed E-state index contributed by atoms with van der Waals surface area (Å²) < 4.78 is 43.4. The zero-order valence-electron chi connectivity index (χ0n) is 24.2. The summed E-state index contributed by atoms with van der Waals surface area (Å²) in [5.41, 5.74) is 1.47. The highest BCUT2D eigenvalue weighted by atomic mass is 32.2. The number of para-hydroxylation sites is 2. The molecule has 3 aromatic carbocycles. The Labute approximate surface area is 274 Å². The molecule has 1 aliphatic heterocycles. The number of nitrogens with zero attached hydrogens (tertiary/aromatic N) is 3. The summed E-state index contributed by atoms with van der Waals surface area (Å²) >= 11 is 2.71. The number of aromatic nitrogens is 1. The molecule has 1 fully saturated rings. The van der Waals surface area contributed by atoms with E-state index in [0.29, 0.717) is 5.56 Å². The van der Waals surface area contributed by atoms with Crippen LogP contribution in [0.4, 0.5) is 5.13 Å². The van der Waals surface area contributed by atoms with Crippen molar-refractivity contribution in [2.24, 2.45) is 0 Å². The van der Waals surface area contributed by atoms with Gasteiger partial charge in [0.05, 0.1) is 6.54 Å². The fourth-order valence-corrected chi connectivity index (χ4v) is 7.98. The van der Waals surface area contributed by atoms with E-state index in [0.717, 1.165) is 30.4 Å². The molecule has 1 saturated heterocycles. The maximum atomic E-state index is 14.8. The molecule has 5 aromatic rings. The van der Waals surface area contributed by atoms with Crippen molar-refractivity contribution in [1.82, 2.24) is 13.6 Å². The zero-order valence-corrected chi connectivity index (χ0v) is 26.6. The van der Waals surface area contributed by atoms with Crippen LogP contribution in [0.25, 0.3) is 10.4 Å². The Morgan fingerprint density at radius 3 is 2.04 bits per heavy atom. The molecule has 1 aliphatic rings. The molecule has 0 unspecified atom stereocenters. The van der Waals surface area contributed by atoms with Crippen molar-refractivity contribution in [3.05, 3.63) is 120 Å². The number of anilines is 1. The number of aliphatic hydroxyl groups is 2. The number of carbonyl (C=O) groups excluding carboxylic acids is 1. The fourth-order valence-electron chi connectivity index (χ4n) is 4.98. The predicted molar refractivity (Wildman–Crippen MR) is 175 cm³/mol. The van der Waals surface area contributed by atoms with Gasteiger partial charge in [-0.1, -0.05) is 60.7 Å². The first-order valence-corrected chi connectivity index (χ1v) is 17.4. The van der Waals surface area contributed by atoms with E-state index in [1.807, 2.05) is 35.7 Å². The summed E-state index contributed by atoms with van der Waals surface area (Å²) in [5.74, 6) is -0.234. The molecule has 0 radical (unpaired) electrons. The van der Waals surface area contributed by atoms with Gasteiger partial charge in [-0.05, 0) is 52.9 Å². The number of rotatable bonds is 10. The molecule has 1 amide bonds. The molecule has 6 rings (SSSR count). The topological polar surface area (TPSA) is 142 Å². The number of amides is 1. The largest absolute Gasteiger partial charge is 0.471 e.